The Labute approximate surface area is 90.3 Å². The van der Waals surface area contributed by atoms with Gasteiger partial charge in [0.2, 0.25) is 0 Å². The van der Waals surface area contributed by atoms with Crippen LogP contribution in [0, 0.1) is 0 Å². The number of allylic oxidation sites excluding steroid dienone is 2. The van der Waals surface area contributed by atoms with E-state index in [2.05, 4.69) is 25.7 Å². The van der Waals surface area contributed by atoms with Crippen molar-refractivity contribution in [1.82, 2.24) is 0 Å². The van der Waals surface area contributed by atoms with Gasteiger partial charge in [-0.3, -0.25) is 0 Å². The Balaban J connectivity index is 3.08. The summed E-state index contributed by atoms with van der Waals surface area (Å²) in [5.74, 6) is 2.29. The molecule has 0 fully saturated rings. The average Bonchev–Trinajstić information content (AvgIpc) is 2.16. The molecule has 0 aliphatic rings. The zero-order valence-electron chi connectivity index (χ0n) is 9.44. The molecule has 78 valence electrons. The van der Waals surface area contributed by atoms with Crippen LogP contribution in [0.2, 0.25) is 5.82 Å². The quantitative estimate of drug-likeness (QED) is 0.440. The van der Waals surface area contributed by atoms with Crippen LogP contribution in [-0.4, -0.2) is 15.0 Å². The minimum atomic E-state index is 0.738. The van der Waals surface area contributed by atoms with Crippen molar-refractivity contribution in [3.63, 3.8) is 0 Å². The molecular weight excluding hydrogens is 223 g/mol. The molecule has 0 aliphatic heterocycles. The molecule has 0 N–H and O–H groups in total. The molecule has 0 rings (SSSR count). The number of rotatable bonds is 8. The van der Waals surface area contributed by atoms with Crippen molar-refractivity contribution in [2.45, 2.75) is 64.6 Å². The molecule has 0 nitrogen and oxygen atoms in total. The number of unbranched alkanes of at least 4 members (excludes halogenated alkanes) is 6. The van der Waals surface area contributed by atoms with E-state index >= 15 is 0 Å². The van der Waals surface area contributed by atoms with Gasteiger partial charge in [-0.1, -0.05) is 0 Å². The third-order valence-electron chi connectivity index (χ3n) is 2.31. The Hall–Kier alpha value is 0.259. The van der Waals surface area contributed by atoms with Crippen LogP contribution in [0.5, 0.6) is 0 Å². The van der Waals surface area contributed by atoms with Crippen molar-refractivity contribution in [2.24, 2.45) is 0 Å². The van der Waals surface area contributed by atoms with Gasteiger partial charge in [0.25, 0.3) is 0 Å². The van der Waals surface area contributed by atoms with Gasteiger partial charge in [-0.15, -0.1) is 0 Å². The second kappa shape index (κ2) is 10.3. The topological polar surface area (TPSA) is 0 Å². The summed E-state index contributed by atoms with van der Waals surface area (Å²) >= 11 is 0.738. The Morgan fingerprint density at radius 1 is 1.08 bits per heavy atom. The standard InChI is InChI=1S/C12H24Se/c1-4-5-6-7-8-9-10-11-12(2)13-3/h11H,4-10H2,1-3H3/b12-11-. The third kappa shape index (κ3) is 10.2. The first kappa shape index (κ1) is 13.3. The zero-order chi connectivity index (χ0) is 9.94. The Kier molecular flexibility index (Phi) is 10.5. The van der Waals surface area contributed by atoms with Crippen LogP contribution in [0.25, 0.3) is 0 Å². The van der Waals surface area contributed by atoms with Crippen molar-refractivity contribution in [1.29, 1.82) is 0 Å². The SMILES string of the molecule is CCCCCCCC/C=C(/C)[Se]C. The van der Waals surface area contributed by atoms with E-state index in [-0.39, 0.29) is 0 Å². The van der Waals surface area contributed by atoms with Crippen molar-refractivity contribution in [2.75, 3.05) is 0 Å². The molecule has 0 amide bonds. The molecule has 0 radical (unpaired) electrons. The van der Waals surface area contributed by atoms with Crippen molar-refractivity contribution < 1.29 is 0 Å². The first-order valence-corrected chi connectivity index (χ1v) is 8.09. The number of hydrogen-bond acceptors (Lipinski definition) is 0. The first-order valence-electron chi connectivity index (χ1n) is 5.52. The Morgan fingerprint density at radius 2 is 1.69 bits per heavy atom. The molecule has 0 bridgehead atoms. The van der Waals surface area contributed by atoms with Gasteiger partial charge in [0.05, 0.1) is 0 Å². The second-order valence-electron chi connectivity index (χ2n) is 3.58. The van der Waals surface area contributed by atoms with Gasteiger partial charge in [-0.2, -0.15) is 0 Å². The molecular formula is C12H24Se. The van der Waals surface area contributed by atoms with Crippen LogP contribution in [0.15, 0.2) is 10.5 Å². The Morgan fingerprint density at radius 3 is 2.31 bits per heavy atom. The molecule has 0 aromatic carbocycles. The van der Waals surface area contributed by atoms with Crippen molar-refractivity contribution >= 4 is 15.0 Å². The maximum atomic E-state index is 2.43. The van der Waals surface area contributed by atoms with E-state index < -0.39 is 0 Å². The van der Waals surface area contributed by atoms with Crippen LogP contribution < -0.4 is 0 Å². The minimum absolute atomic E-state index is 0.738. The fourth-order valence-electron chi connectivity index (χ4n) is 1.31. The van der Waals surface area contributed by atoms with E-state index in [4.69, 9.17) is 0 Å². The van der Waals surface area contributed by atoms with Gasteiger partial charge in [0.1, 0.15) is 0 Å². The van der Waals surface area contributed by atoms with Gasteiger partial charge in [-0.05, 0) is 0 Å². The molecule has 13 heavy (non-hydrogen) atoms. The monoisotopic (exact) mass is 248 g/mol. The van der Waals surface area contributed by atoms with E-state index in [1.165, 1.54) is 44.9 Å². The van der Waals surface area contributed by atoms with Crippen LogP contribution >= 0.6 is 0 Å². The summed E-state index contributed by atoms with van der Waals surface area (Å²) in [6.07, 6.45) is 12.2. The maximum absolute atomic E-state index is 2.43. The molecule has 0 aliphatic carbocycles. The zero-order valence-corrected chi connectivity index (χ0v) is 11.1. The predicted molar refractivity (Wildman–Crippen MR) is 63.4 cm³/mol. The van der Waals surface area contributed by atoms with Gasteiger partial charge in [0, 0.05) is 0 Å². The molecule has 0 unspecified atom stereocenters. The molecule has 0 saturated heterocycles. The molecule has 0 atom stereocenters. The Bertz CT molecular complexity index is 127. The van der Waals surface area contributed by atoms with Gasteiger partial charge >= 0.3 is 90.1 Å². The molecule has 0 aromatic rings. The molecule has 0 spiro atoms. The van der Waals surface area contributed by atoms with Gasteiger partial charge in [0.15, 0.2) is 0 Å². The molecule has 0 aromatic heterocycles. The third-order valence-corrected chi connectivity index (χ3v) is 4.01. The predicted octanol–water partition coefficient (Wildman–Crippen LogP) is 4.39. The first-order chi connectivity index (χ1) is 6.31. The fourth-order valence-corrected chi connectivity index (χ4v) is 1.91. The van der Waals surface area contributed by atoms with E-state index in [0.717, 1.165) is 15.0 Å². The van der Waals surface area contributed by atoms with Gasteiger partial charge < -0.3 is 0 Å². The van der Waals surface area contributed by atoms with Crippen molar-refractivity contribution in [3.8, 4) is 0 Å². The second-order valence-corrected chi connectivity index (χ2v) is 5.78. The van der Waals surface area contributed by atoms with Crippen LogP contribution in [0.4, 0.5) is 0 Å². The molecule has 0 heterocycles. The van der Waals surface area contributed by atoms with Crippen molar-refractivity contribution in [3.05, 3.63) is 10.5 Å². The van der Waals surface area contributed by atoms with E-state index in [9.17, 15) is 0 Å². The summed E-state index contributed by atoms with van der Waals surface area (Å²) in [5, 5.41) is 0. The molecule has 1 heteroatoms. The summed E-state index contributed by atoms with van der Waals surface area (Å²) in [4.78, 5) is 0. The van der Waals surface area contributed by atoms with E-state index in [0.29, 0.717) is 0 Å². The summed E-state index contributed by atoms with van der Waals surface area (Å²) in [5.41, 5.74) is 0. The summed E-state index contributed by atoms with van der Waals surface area (Å²) in [7, 11) is 0. The van der Waals surface area contributed by atoms with E-state index in [1.807, 2.05) is 0 Å². The normalized spacial score (nSPS) is 12.1. The van der Waals surface area contributed by atoms with Crippen LogP contribution in [0.3, 0.4) is 0 Å². The number of hydrogen-bond donors (Lipinski definition) is 0. The average molecular weight is 247 g/mol. The summed E-state index contributed by atoms with van der Waals surface area (Å²) in [6, 6.07) is 0. The molecule has 0 saturated carbocycles. The van der Waals surface area contributed by atoms with Gasteiger partial charge in [-0.25, -0.2) is 0 Å². The fraction of sp³-hybridized carbons (Fsp3) is 0.833. The summed E-state index contributed by atoms with van der Waals surface area (Å²) in [6.45, 7) is 4.53. The van der Waals surface area contributed by atoms with E-state index in [1.54, 1.807) is 4.47 Å². The summed E-state index contributed by atoms with van der Waals surface area (Å²) < 4.78 is 1.61. The van der Waals surface area contributed by atoms with Crippen LogP contribution in [-0.2, 0) is 0 Å². The van der Waals surface area contributed by atoms with Crippen LogP contribution in [0.1, 0.15) is 58.8 Å².